The van der Waals surface area contributed by atoms with Gasteiger partial charge in [0.1, 0.15) is 5.82 Å². The molecule has 2 heteroatoms. The summed E-state index contributed by atoms with van der Waals surface area (Å²) in [5, 5.41) is 8.80. The largest absolute Gasteiger partial charge is 0.206 e. The molecule has 126 valence electrons. The zero-order valence-corrected chi connectivity index (χ0v) is 14.6. The summed E-state index contributed by atoms with van der Waals surface area (Å²) < 4.78 is 14.4. The number of benzene rings is 3. The van der Waals surface area contributed by atoms with E-state index in [1.165, 1.54) is 11.6 Å². The van der Waals surface area contributed by atoms with E-state index in [-0.39, 0.29) is 5.82 Å². The second-order valence-electron chi connectivity index (χ2n) is 6.08. The minimum atomic E-state index is -0.332. The Morgan fingerprint density at radius 3 is 2.08 bits per heavy atom. The van der Waals surface area contributed by atoms with E-state index in [9.17, 15) is 4.39 Å². The minimum absolute atomic E-state index is 0.332. The van der Waals surface area contributed by atoms with E-state index in [2.05, 4.69) is 37.0 Å². The van der Waals surface area contributed by atoms with Gasteiger partial charge in [-0.15, -0.1) is 0 Å². The van der Waals surface area contributed by atoms with Crippen LogP contribution in [0.3, 0.4) is 0 Å². The Balaban J connectivity index is 1.81. The quantitative estimate of drug-likeness (QED) is 0.560. The molecule has 0 N–H and O–H groups in total. The van der Waals surface area contributed by atoms with Crippen molar-refractivity contribution in [3.05, 3.63) is 94.8 Å². The Hall–Kier alpha value is -3.36. The fraction of sp³-hybridized carbons (Fsp3) is 0.125. The lowest BCUT2D eigenvalue weighted by atomic mass is 10.0. The minimum Gasteiger partial charge on any atom is -0.206 e. The van der Waals surface area contributed by atoms with Gasteiger partial charge in [0.15, 0.2) is 0 Å². The van der Waals surface area contributed by atoms with Gasteiger partial charge in [-0.2, -0.15) is 5.26 Å². The molecule has 0 atom stereocenters. The van der Waals surface area contributed by atoms with Crippen molar-refractivity contribution in [1.82, 2.24) is 0 Å². The number of nitrogens with zero attached hydrogens (tertiary/aromatic N) is 1. The third-order valence-electron chi connectivity index (χ3n) is 4.15. The Morgan fingerprint density at radius 2 is 1.46 bits per heavy atom. The highest BCUT2D eigenvalue weighted by molar-refractivity contribution is 5.65. The Kier molecular flexibility index (Phi) is 5.47. The van der Waals surface area contributed by atoms with Crippen molar-refractivity contribution in [2.24, 2.45) is 0 Å². The van der Waals surface area contributed by atoms with E-state index >= 15 is 0 Å². The third-order valence-corrected chi connectivity index (χ3v) is 4.15. The molecule has 0 aliphatic carbocycles. The maximum absolute atomic E-state index is 14.4. The number of aryl methyl sites for hydroxylation is 1. The fourth-order valence-electron chi connectivity index (χ4n) is 2.72. The summed E-state index contributed by atoms with van der Waals surface area (Å²) in [4.78, 5) is 0. The average molecular weight is 339 g/mol. The lowest BCUT2D eigenvalue weighted by molar-refractivity contribution is 0.625. The van der Waals surface area contributed by atoms with Crippen LogP contribution in [-0.2, 0) is 6.42 Å². The van der Waals surface area contributed by atoms with Crippen molar-refractivity contribution in [3.8, 4) is 29.0 Å². The van der Waals surface area contributed by atoms with Crippen LogP contribution in [0.2, 0.25) is 0 Å². The summed E-state index contributed by atoms with van der Waals surface area (Å²) in [5.74, 6) is 5.47. The highest BCUT2D eigenvalue weighted by Crippen LogP contribution is 2.22. The molecule has 0 unspecified atom stereocenters. The summed E-state index contributed by atoms with van der Waals surface area (Å²) in [6.45, 7) is 2.15. The fourth-order valence-corrected chi connectivity index (χ4v) is 2.72. The molecule has 0 radical (unpaired) electrons. The number of nitriles is 1. The van der Waals surface area contributed by atoms with Crippen LogP contribution in [0.25, 0.3) is 11.1 Å². The number of rotatable bonds is 3. The number of halogens is 1. The van der Waals surface area contributed by atoms with Crippen LogP contribution >= 0.6 is 0 Å². The van der Waals surface area contributed by atoms with Crippen molar-refractivity contribution in [2.45, 2.75) is 19.8 Å². The highest BCUT2D eigenvalue weighted by Gasteiger charge is 2.04. The molecular weight excluding hydrogens is 321 g/mol. The van der Waals surface area contributed by atoms with Gasteiger partial charge >= 0.3 is 0 Å². The lowest BCUT2D eigenvalue weighted by Gasteiger charge is -2.05. The van der Waals surface area contributed by atoms with Crippen molar-refractivity contribution >= 4 is 0 Å². The van der Waals surface area contributed by atoms with Crippen LogP contribution in [0.1, 0.15) is 35.6 Å². The van der Waals surface area contributed by atoms with Crippen molar-refractivity contribution in [3.63, 3.8) is 0 Å². The van der Waals surface area contributed by atoms with E-state index in [1.807, 2.05) is 18.2 Å². The zero-order valence-electron chi connectivity index (χ0n) is 14.6. The standard InChI is InChI=1S/C24H18FN/c1-2-3-18-8-11-21(12-9-18)23-15-14-22(24(25)16-23)13-10-19-4-6-20(17-26)7-5-19/h4-9,11-12,14-16H,2-3H2,1H3. The molecule has 0 saturated carbocycles. The van der Waals surface area contributed by atoms with Gasteiger partial charge in [-0.3, -0.25) is 0 Å². The number of hydrogen-bond donors (Lipinski definition) is 0. The second-order valence-corrected chi connectivity index (χ2v) is 6.08. The van der Waals surface area contributed by atoms with Gasteiger partial charge in [0.2, 0.25) is 0 Å². The summed E-state index contributed by atoms with van der Waals surface area (Å²) in [7, 11) is 0. The van der Waals surface area contributed by atoms with Crippen molar-refractivity contribution < 1.29 is 4.39 Å². The highest BCUT2D eigenvalue weighted by atomic mass is 19.1. The summed E-state index contributed by atoms with van der Waals surface area (Å²) in [5.41, 5.74) is 4.82. The summed E-state index contributed by atoms with van der Waals surface area (Å²) in [6, 6.07) is 22.3. The first-order valence-electron chi connectivity index (χ1n) is 8.60. The van der Waals surface area contributed by atoms with Crippen LogP contribution in [0, 0.1) is 29.0 Å². The molecule has 0 amide bonds. The van der Waals surface area contributed by atoms with Crippen LogP contribution in [0.4, 0.5) is 4.39 Å². The number of hydrogen-bond acceptors (Lipinski definition) is 1. The topological polar surface area (TPSA) is 23.8 Å². The van der Waals surface area contributed by atoms with Gasteiger partial charge in [0.05, 0.1) is 17.2 Å². The Bertz CT molecular complexity index is 997. The molecule has 0 bridgehead atoms. The molecule has 0 aliphatic heterocycles. The molecule has 1 nitrogen and oxygen atoms in total. The molecular formula is C24H18FN. The maximum Gasteiger partial charge on any atom is 0.139 e. The normalized spacial score (nSPS) is 9.88. The SMILES string of the molecule is CCCc1ccc(-c2ccc(C#Cc3ccc(C#N)cc3)c(F)c2)cc1. The van der Waals surface area contributed by atoms with Crippen LogP contribution in [-0.4, -0.2) is 0 Å². The lowest BCUT2D eigenvalue weighted by Crippen LogP contribution is -1.88. The molecule has 0 heterocycles. The first-order chi connectivity index (χ1) is 12.7. The third kappa shape index (κ3) is 4.18. The van der Waals surface area contributed by atoms with Crippen LogP contribution < -0.4 is 0 Å². The first kappa shape index (κ1) is 17.5. The zero-order chi connectivity index (χ0) is 18.4. The average Bonchev–Trinajstić information content (AvgIpc) is 2.68. The van der Waals surface area contributed by atoms with E-state index in [0.717, 1.165) is 29.5 Å². The van der Waals surface area contributed by atoms with E-state index in [1.54, 1.807) is 30.3 Å². The van der Waals surface area contributed by atoms with E-state index in [0.29, 0.717) is 11.1 Å². The van der Waals surface area contributed by atoms with Gasteiger partial charge in [0, 0.05) is 5.56 Å². The van der Waals surface area contributed by atoms with Gasteiger partial charge in [0.25, 0.3) is 0 Å². The van der Waals surface area contributed by atoms with Gasteiger partial charge < -0.3 is 0 Å². The first-order valence-corrected chi connectivity index (χ1v) is 8.60. The predicted molar refractivity (Wildman–Crippen MR) is 103 cm³/mol. The predicted octanol–water partition coefficient (Wildman–Crippen LogP) is 5.72. The smallest absolute Gasteiger partial charge is 0.139 e. The molecule has 0 aliphatic rings. The van der Waals surface area contributed by atoms with E-state index < -0.39 is 0 Å². The van der Waals surface area contributed by atoms with Crippen LogP contribution in [0.15, 0.2) is 66.7 Å². The summed E-state index contributed by atoms with van der Waals surface area (Å²) in [6.07, 6.45) is 2.17. The van der Waals surface area contributed by atoms with Gasteiger partial charge in [-0.25, -0.2) is 4.39 Å². The Morgan fingerprint density at radius 1 is 0.808 bits per heavy atom. The van der Waals surface area contributed by atoms with Gasteiger partial charge in [-0.1, -0.05) is 55.5 Å². The monoisotopic (exact) mass is 339 g/mol. The van der Waals surface area contributed by atoms with Crippen molar-refractivity contribution in [2.75, 3.05) is 0 Å². The molecule has 26 heavy (non-hydrogen) atoms. The van der Waals surface area contributed by atoms with Crippen molar-refractivity contribution in [1.29, 1.82) is 5.26 Å². The molecule has 3 aromatic rings. The molecule has 0 fully saturated rings. The molecule has 3 aromatic carbocycles. The summed E-state index contributed by atoms with van der Waals surface area (Å²) >= 11 is 0. The van der Waals surface area contributed by atoms with Gasteiger partial charge in [-0.05, 0) is 59.5 Å². The molecule has 3 rings (SSSR count). The Labute approximate surface area is 153 Å². The van der Waals surface area contributed by atoms with E-state index in [4.69, 9.17) is 5.26 Å². The molecule has 0 spiro atoms. The maximum atomic E-state index is 14.4. The van der Waals surface area contributed by atoms with Crippen LogP contribution in [0.5, 0.6) is 0 Å². The molecule has 0 aromatic heterocycles. The molecule has 0 saturated heterocycles. The second kappa shape index (κ2) is 8.15.